The number of carbonyl (C=O) groups is 2. The lowest BCUT2D eigenvalue weighted by Crippen LogP contribution is -2.05. The number of hydrogen-bond acceptors (Lipinski definition) is 5. The van der Waals surface area contributed by atoms with Crippen LogP contribution in [0.25, 0.3) is 0 Å². The molecule has 0 radical (unpaired) electrons. The summed E-state index contributed by atoms with van der Waals surface area (Å²) >= 11 is 0. The van der Waals surface area contributed by atoms with E-state index in [1.807, 2.05) is 0 Å². The van der Waals surface area contributed by atoms with E-state index in [4.69, 9.17) is 20.5 Å². The second-order valence-corrected chi connectivity index (χ2v) is 6.24. The van der Waals surface area contributed by atoms with Gasteiger partial charge in [0.25, 0.3) is 9.05 Å². The van der Waals surface area contributed by atoms with E-state index in [9.17, 15) is 18.0 Å². The summed E-state index contributed by atoms with van der Waals surface area (Å²) in [5, 5.41) is 8.66. The molecule has 6 nitrogen and oxygen atoms in total. The summed E-state index contributed by atoms with van der Waals surface area (Å²) in [5.74, 6) is -1.87. The minimum atomic E-state index is -3.94. The molecule has 0 saturated carbocycles. The van der Waals surface area contributed by atoms with Gasteiger partial charge in [0.1, 0.15) is 6.10 Å². The maximum atomic E-state index is 11.5. The zero-order valence-electron chi connectivity index (χ0n) is 8.79. The summed E-state index contributed by atoms with van der Waals surface area (Å²) in [7, 11) is 1.21. The number of cyclic esters (lactones) is 1. The molecule has 0 aromatic heterocycles. The van der Waals surface area contributed by atoms with Crippen LogP contribution in [-0.2, 0) is 18.6 Å². The molecule has 0 aliphatic carbocycles. The lowest BCUT2D eigenvalue weighted by molar-refractivity contribution is -0.139. The molecule has 1 heterocycles. The molecule has 0 spiro atoms. The van der Waals surface area contributed by atoms with E-state index in [1.165, 1.54) is 12.1 Å². The van der Waals surface area contributed by atoms with Gasteiger partial charge in [-0.15, -0.1) is 0 Å². The lowest BCUT2D eigenvalue weighted by atomic mass is 10.0. The first kappa shape index (κ1) is 12.8. The van der Waals surface area contributed by atoms with Crippen molar-refractivity contribution in [1.82, 2.24) is 0 Å². The first-order chi connectivity index (χ1) is 8.29. The van der Waals surface area contributed by atoms with Gasteiger partial charge >= 0.3 is 11.9 Å². The summed E-state index contributed by atoms with van der Waals surface area (Å²) in [4.78, 5) is 21.8. The fraction of sp³-hybridized carbons (Fsp3) is 0.200. The minimum Gasteiger partial charge on any atom is -0.481 e. The van der Waals surface area contributed by atoms with E-state index in [-0.39, 0.29) is 16.9 Å². The molecule has 1 unspecified atom stereocenters. The number of hydrogen-bond donors (Lipinski definition) is 1. The van der Waals surface area contributed by atoms with Crippen LogP contribution in [0.1, 0.15) is 28.4 Å². The molecular formula is C10H7ClO6S. The zero-order chi connectivity index (χ0) is 13.5. The van der Waals surface area contributed by atoms with Gasteiger partial charge in [-0.05, 0) is 12.1 Å². The zero-order valence-corrected chi connectivity index (χ0v) is 10.4. The molecule has 96 valence electrons. The van der Waals surface area contributed by atoms with Crippen molar-refractivity contribution in [2.45, 2.75) is 17.4 Å². The second kappa shape index (κ2) is 4.25. The number of carbonyl (C=O) groups excluding carboxylic acids is 1. The fourth-order valence-corrected chi connectivity index (χ4v) is 2.49. The highest BCUT2D eigenvalue weighted by Crippen LogP contribution is 2.34. The summed E-state index contributed by atoms with van der Waals surface area (Å²) in [5.41, 5.74) is 0.384. The number of ether oxygens (including phenoxy) is 1. The molecule has 1 N–H and O–H groups in total. The van der Waals surface area contributed by atoms with Gasteiger partial charge in [-0.3, -0.25) is 4.79 Å². The molecule has 18 heavy (non-hydrogen) atoms. The van der Waals surface area contributed by atoms with Gasteiger partial charge in [0.2, 0.25) is 0 Å². The smallest absolute Gasteiger partial charge is 0.339 e. The van der Waals surface area contributed by atoms with Crippen LogP contribution in [0.3, 0.4) is 0 Å². The molecule has 1 atom stereocenters. The molecule has 1 aromatic carbocycles. The third kappa shape index (κ3) is 2.32. The third-order valence-corrected chi connectivity index (χ3v) is 3.83. The molecule has 8 heteroatoms. The predicted molar refractivity (Wildman–Crippen MR) is 59.9 cm³/mol. The van der Waals surface area contributed by atoms with Crippen LogP contribution in [0.4, 0.5) is 0 Å². The molecule has 0 fully saturated rings. The number of esters is 1. The van der Waals surface area contributed by atoms with Crippen molar-refractivity contribution in [3.05, 3.63) is 29.3 Å². The van der Waals surface area contributed by atoms with Gasteiger partial charge in [-0.25, -0.2) is 13.2 Å². The van der Waals surface area contributed by atoms with Crippen LogP contribution in [0, 0.1) is 0 Å². The Morgan fingerprint density at radius 2 is 2.11 bits per heavy atom. The second-order valence-electron chi connectivity index (χ2n) is 3.68. The van der Waals surface area contributed by atoms with Crippen molar-refractivity contribution in [3.63, 3.8) is 0 Å². The fourth-order valence-electron chi connectivity index (χ4n) is 1.71. The molecule has 0 bridgehead atoms. The highest BCUT2D eigenvalue weighted by molar-refractivity contribution is 8.13. The Morgan fingerprint density at radius 3 is 2.67 bits per heavy atom. The Morgan fingerprint density at radius 1 is 1.44 bits per heavy atom. The molecule has 1 aliphatic rings. The first-order valence-corrected chi connectivity index (χ1v) is 7.11. The number of carboxylic acids is 1. The molecule has 1 aliphatic heterocycles. The van der Waals surface area contributed by atoms with E-state index in [1.54, 1.807) is 0 Å². The van der Waals surface area contributed by atoms with Crippen LogP contribution >= 0.6 is 10.7 Å². The van der Waals surface area contributed by atoms with Gasteiger partial charge in [0.05, 0.1) is 16.9 Å². The quantitative estimate of drug-likeness (QED) is 0.665. The SMILES string of the molecule is O=C(O)CC1OC(=O)c2cc(S(=O)(=O)Cl)ccc21. The normalized spacial score (nSPS) is 18.3. The molecule has 0 amide bonds. The van der Waals surface area contributed by atoms with Gasteiger partial charge in [0, 0.05) is 16.2 Å². The van der Waals surface area contributed by atoms with Crippen molar-refractivity contribution in [2.24, 2.45) is 0 Å². The number of halogens is 1. The van der Waals surface area contributed by atoms with Crippen LogP contribution in [0.15, 0.2) is 23.1 Å². The van der Waals surface area contributed by atoms with Crippen molar-refractivity contribution < 1.29 is 27.9 Å². The van der Waals surface area contributed by atoms with Crippen molar-refractivity contribution >= 4 is 31.7 Å². The van der Waals surface area contributed by atoms with Crippen LogP contribution in [-0.4, -0.2) is 25.5 Å². The Balaban J connectivity index is 2.46. The van der Waals surface area contributed by atoms with Gasteiger partial charge in [-0.1, -0.05) is 6.07 Å². The van der Waals surface area contributed by atoms with Crippen LogP contribution in [0.2, 0.25) is 0 Å². The van der Waals surface area contributed by atoms with Gasteiger partial charge in [0.15, 0.2) is 0 Å². The Bertz CT molecular complexity index is 636. The predicted octanol–water partition coefficient (Wildman–Crippen LogP) is 1.30. The largest absolute Gasteiger partial charge is 0.481 e. The topological polar surface area (TPSA) is 97.7 Å². The Hall–Kier alpha value is -1.60. The van der Waals surface area contributed by atoms with Gasteiger partial charge in [-0.2, -0.15) is 0 Å². The summed E-state index contributed by atoms with van der Waals surface area (Å²) in [6.07, 6.45) is -1.26. The maximum Gasteiger partial charge on any atom is 0.339 e. The monoisotopic (exact) mass is 290 g/mol. The molecule has 2 rings (SSSR count). The average Bonchev–Trinajstić information content (AvgIpc) is 2.53. The van der Waals surface area contributed by atoms with E-state index >= 15 is 0 Å². The van der Waals surface area contributed by atoms with Crippen molar-refractivity contribution in [2.75, 3.05) is 0 Å². The molecule has 1 aromatic rings. The number of fused-ring (bicyclic) bond motifs is 1. The summed E-state index contributed by atoms with van der Waals surface area (Å²) < 4.78 is 27.1. The lowest BCUT2D eigenvalue weighted by Gasteiger charge is -2.06. The van der Waals surface area contributed by atoms with E-state index < -0.39 is 27.1 Å². The number of benzene rings is 1. The average molecular weight is 291 g/mol. The molecule has 0 saturated heterocycles. The maximum absolute atomic E-state index is 11.5. The van der Waals surface area contributed by atoms with Crippen LogP contribution in [0.5, 0.6) is 0 Å². The number of carboxylic acid groups (broad SMARTS) is 1. The number of aliphatic carboxylic acids is 1. The van der Waals surface area contributed by atoms with E-state index in [0.29, 0.717) is 5.56 Å². The first-order valence-electron chi connectivity index (χ1n) is 4.80. The van der Waals surface area contributed by atoms with Crippen molar-refractivity contribution in [3.8, 4) is 0 Å². The van der Waals surface area contributed by atoms with E-state index in [2.05, 4.69) is 0 Å². The minimum absolute atomic E-state index is 0.0305. The third-order valence-electron chi connectivity index (χ3n) is 2.48. The van der Waals surface area contributed by atoms with E-state index in [0.717, 1.165) is 6.07 Å². The Kier molecular flexibility index (Phi) is 3.04. The van der Waals surface area contributed by atoms with Crippen LogP contribution < -0.4 is 0 Å². The van der Waals surface area contributed by atoms with Gasteiger partial charge < -0.3 is 9.84 Å². The highest BCUT2D eigenvalue weighted by atomic mass is 35.7. The Labute approximate surface area is 107 Å². The summed E-state index contributed by atoms with van der Waals surface area (Å²) in [6, 6.07) is 3.63. The molecular weight excluding hydrogens is 284 g/mol. The number of rotatable bonds is 3. The summed E-state index contributed by atoms with van der Waals surface area (Å²) in [6.45, 7) is 0. The standard InChI is InChI=1S/C10H7ClO6S/c11-18(15,16)5-1-2-6-7(3-5)10(14)17-8(6)4-9(12)13/h1-3,8H,4H2,(H,12,13). The van der Waals surface area contributed by atoms with Crippen molar-refractivity contribution in [1.29, 1.82) is 0 Å². The highest BCUT2D eigenvalue weighted by Gasteiger charge is 2.33.